The van der Waals surface area contributed by atoms with Gasteiger partial charge in [-0.25, -0.2) is 14.4 Å². The summed E-state index contributed by atoms with van der Waals surface area (Å²) in [7, 11) is 0. The van der Waals surface area contributed by atoms with Crippen molar-refractivity contribution in [2.24, 2.45) is 5.11 Å². The molecule has 0 amide bonds. The number of fused-ring (bicyclic) bond motifs is 1. The molecule has 1 aliphatic heterocycles. The lowest BCUT2D eigenvalue weighted by Crippen LogP contribution is -2.15. The summed E-state index contributed by atoms with van der Waals surface area (Å²) in [6, 6.07) is 7.60. The van der Waals surface area contributed by atoms with Gasteiger partial charge in [0.25, 0.3) is 0 Å². The van der Waals surface area contributed by atoms with Crippen LogP contribution in [0.25, 0.3) is 21.3 Å². The minimum atomic E-state index is -0.511. The second-order valence-electron chi connectivity index (χ2n) is 6.11. The lowest BCUT2D eigenvalue weighted by Gasteiger charge is -2.15. The number of azide groups is 1. The van der Waals surface area contributed by atoms with Gasteiger partial charge in [0.15, 0.2) is 0 Å². The van der Waals surface area contributed by atoms with Crippen LogP contribution in [0.3, 0.4) is 0 Å². The first-order valence-electron chi connectivity index (χ1n) is 8.44. The van der Waals surface area contributed by atoms with Gasteiger partial charge in [0.1, 0.15) is 29.8 Å². The molecular formula is C18H14ClFN6O2. The molecule has 4 rings (SSSR count). The molecule has 1 saturated heterocycles. The van der Waals surface area contributed by atoms with Gasteiger partial charge in [-0.2, -0.15) is 0 Å². The molecule has 2 aromatic carbocycles. The maximum Gasteiger partial charge on any atom is 0.141 e. The average Bonchev–Trinajstić information content (AvgIpc) is 3.19. The van der Waals surface area contributed by atoms with Crippen LogP contribution in [0.4, 0.5) is 21.6 Å². The highest BCUT2D eigenvalue weighted by molar-refractivity contribution is 6.31. The van der Waals surface area contributed by atoms with Gasteiger partial charge in [-0.15, -0.1) is 0 Å². The fourth-order valence-electron chi connectivity index (χ4n) is 2.89. The predicted octanol–water partition coefficient (Wildman–Crippen LogP) is 5.28. The van der Waals surface area contributed by atoms with E-state index in [2.05, 4.69) is 25.3 Å². The molecular weight excluding hydrogens is 387 g/mol. The van der Waals surface area contributed by atoms with Crippen LogP contribution < -0.4 is 10.1 Å². The zero-order chi connectivity index (χ0) is 19.5. The van der Waals surface area contributed by atoms with Crippen LogP contribution >= 0.6 is 11.6 Å². The van der Waals surface area contributed by atoms with Crippen molar-refractivity contribution in [3.63, 3.8) is 0 Å². The van der Waals surface area contributed by atoms with Gasteiger partial charge in [-0.3, -0.25) is 0 Å². The lowest BCUT2D eigenvalue weighted by molar-refractivity contribution is 0.142. The number of benzene rings is 2. The molecule has 3 aromatic rings. The highest BCUT2D eigenvalue weighted by Gasteiger charge is 2.19. The summed E-state index contributed by atoms with van der Waals surface area (Å²) < 4.78 is 24.6. The van der Waals surface area contributed by atoms with E-state index in [1.54, 1.807) is 18.2 Å². The number of anilines is 2. The van der Waals surface area contributed by atoms with E-state index < -0.39 is 5.82 Å². The molecule has 8 nitrogen and oxygen atoms in total. The number of rotatable bonds is 5. The first-order chi connectivity index (χ1) is 13.6. The van der Waals surface area contributed by atoms with Crippen LogP contribution in [-0.2, 0) is 4.74 Å². The van der Waals surface area contributed by atoms with Crippen molar-refractivity contribution < 1.29 is 13.9 Å². The van der Waals surface area contributed by atoms with Gasteiger partial charge in [-0.05, 0) is 29.8 Å². The Kier molecular flexibility index (Phi) is 5.12. The smallest absolute Gasteiger partial charge is 0.141 e. The molecule has 0 aliphatic carbocycles. The second-order valence-corrected chi connectivity index (χ2v) is 6.51. The first-order valence-corrected chi connectivity index (χ1v) is 8.82. The van der Waals surface area contributed by atoms with Gasteiger partial charge >= 0.3 is 0 Å². The third-order valence-electron chi connectivity index (χ3n) is 4.23. The van der Waals surface area contributed by atoms with Crippen LogP contribution in [-0.4, -0.2) is 29.3 Å². The van der Waals surface area contributed by atoms with Crippen LogP contribution in [0.15, 0.2) is 41.8 Å². The number of aromatic nitrogens is 2. The number of nitrogens with one attached hydrogen (secondary N) is 1. The number of nitrogens with zero attached hydrogens (tertiary/aromatic N) is 5. The standard InChI is InChI=1S/C18H14ClFN6O2/c19-13-5-10(1-2-14(13)20)24-18-12-6-16(25-26-21)17(7-15(12)22-9-23-18)28-11-3-4-27-8-11/h1-2,5-7,9,11H,3-4,8H2,(H,22,23,24)/t11-/m0/s1. The summed E-state index contributed by atoms with van der Waals surface area (Å²) in [6.45, 7) is 1.11. The zero-order valence-electron chi connectivity index (χ0n) is 14.5. The van der Waals surface area contributed by atoms with E-state index in [-0.39, 0.29) is 11.1 Å². The number of hydrogen-bond donors (Lipinski definition) is 1. The molecule has 1 aromatic heterocycles. The van der Waals surface area contributed by atoms with Crippen molar-refractivity contribution in [3.05, 3.63) is 57.9 Å². The first kappa shape index (κ1) is 18.2. The van der Waals surface area contributed by atoms with E-state index in [0.29, 0.717) is 47.1 Å². The summed E-state index contributed by atoms with van der Waals surface area (Å²) in [5.74, 6) is 0.371. The van der Waals surface area contributed by atoms with Crippen molar-refractivity contribution >= 4 is 39.7 Å². The summed E-state index contributed by atoms with van der Waals surface area (Å²) >= 11 is 5.84. The Balaban J connectivity index is 1.74. The van der Waals surface area contributed by atoms with Crippen molar-refractivity contribution in [1.29, 1.82) is 0 Å². The SMILES string of the molecule is [N-]=[N+]=Nc1cc2c(Nc3ccc(F)c(Cl)c3)ncnc2cc1O[C@H]1CCOC1. The third-order valence-corrected chi connectivity index (χ3v) is 4.52. The second kappa shape index (κ2) is 7.85. The molecule has 1 fully saturated rings. The van der Waals surface area contributed by atoms with E-state index >= 15 is 0 Å². The molecule has 0 bridgehead atoms. The fraction of sp³-hybridized carbons (Fsp3) is 0.222. The lowest BCUT2D eigenvalue weighted by atomic mass is 10.2. The Morgan fingerprint density at radius 2 is 2.21 bits per heavy atom. The molecule has 1 atom stereocenters. The minimum Gasteiger partial charge on any atom is -0.487 e. The number of halogens is 2. The molecule has 1 N–H and O–H groups in total. The van der Waals surface area contributed by atoms with Crippen LogP contribution in [0.5, 0.6) is 5.75 Å². The van der Waals surface area contributed by atoms with E-state index in [0.717, 1.165) is 6.42 Å². The quantitative estimate of drug-likeness (QED) is 0.356. The van der Waals surface area contributed by atoms with Gasteiger partial charge in [0, 0.05) is 28.5 Å². The molecule has 10 heteroatoms. The molecule has 0 saturated carbocycles. The highest BCUT2D eigenvalue weighted by atomic mass is 35.5. The molecule has 142 valence electrons. The average molecular weight is 401 g/mol. The monoisotopic (exact) mass is 400 g/mol. The Hall–Kier alpha value is -3.13. The summed E-state index contributed by atoms with van der Waals surface area (Å²) in [6.07, 6.45) is 2.05. The maximum absolute atomic E-state index is 13.4. The van der Waals surface area contributed by atoms with Gasteiger partial charge < -0.3 is 14.8 Å². The Labute approximate surface area is 163 Å². The maximum atomic E-state index is 13.4. The minimum absolute atomic E-state index is 0.00685. The van der Waals surface area contributed by atoms with Crippen molar-refractivity contribution in [2.75, 3.05) is 18.5 Å². The fourth-order valence-corrected chi connectivity index (χ4v) is 3.07. The third kappa shape index (κ3) is 3.77. The molecule has 28 heavy (non-hydrogen) atoms. The van der Waals surface area contributed by atoms with Crippen LogP contribution in [0.1, 0.15) is 6.42 Å². The van der Waals surface area contributed by atoms with Gasteiger partial charge in [0.05, 0.1) is 29.4 Å². The van der Waals surface area contributed by atoms with Crippen molar-refractivity contribution in [1.82, 2.24) is 9.97 Å². The Morgan fingerprint density at radius 1 is 1.32 bits per heavy atom. The van der Waals surface area contributed by atoms with E-state index in [9.17, 15) is 4.39 Å². The van der Waals surface area contributed by atoms with Crippen LogP contribution in [0, 0.1) is 5.82 Å². The number of ether oxygens (including phenoxy) is 2. The molecule has 1 aliphatic rings. The van der Waals surface area contributed by atoms with Crippen LogP contribution in [0.2, 0.25) is 5.02 Å². The summed E-state index contributed by atoms with van der Waals surface area (Å²) in [4.78, 5) is 11.4. The van der Waals surface area contributed by atoms with E-state index in [4.69, 9.17) is 26.6 Å². The molecule has 2 heterocycles. The molecule has 0 radical (unpaired) electrons. The van der Waals surface area contributed by atoms with Gasteiger partial charge in [-0.1, -0.05) is 16.7 Å². The Morgan fingerprint density at radius 3 is 2.96 bits per heavy atom. The largest absolute Gasteiger partial charge is 0.487 e. The number of hydrogen-bond acceptors (Lipinski definition) is 6. The van der Waals surface area contributed by atoms with Crippen molar-refractivity contribution in [3.8, 4) is 5.75 Å². The summed E-state index contributed by atoms with van der Waals surface area (Å²) in [5.41, 5.74) is 10.4. The van der Waals surface area contributed by atoms with E-state index in [1.165, 1.54) is 18.5 Å². The Bertz CT molecular complexity index is 1080. The zero-order valence-corrected chi connectivity index (χ0v) is 15.2. The molecule has 0 unspecified atom stereocenters. The summed E-state index contributed by atoms with van der Waals surface area (Å²) in [5, 5.41) is 7.42. The molecule has 0 spiro atoms. The topological polar surface area (TPSA) is 105 Å². The van der Waals surface area contributed by atoms with Gasteiger partial charge in [0.2, 0.25) is 0 Å². The normalized spacial score (nSPS) is 16.0. The highest BCUT2D eigenvalue weighted by Crippen LogP contribution is 2.36. The van der Waals surface area contributed by atoms with E-state index in [1.807, 2.05) is 0 Å². The van der Waals surface area contributed by atoms with Crippen molar-refractivity contribution in [2.45, 2.75) is 12.5 Å². The predicted molar refractivity (Wildman–Crippen MR) is 103 cm³/mol.